The lowest BCUT2D eigenvalue weighted by atomic mass is 10.0. The summed E-state index contributed by atoms with van der Waals surface area (Å²) in [4.78, 5) is 85.7. The molecule has 0 aliphatic carbocycles. The van der Waals surface area contributed by atoms with E-state index in [0.717, 1.165) is 12.1 Å². The number of nitrogens with zero attached hydrogens (tertiary/aromatic N) is 1. The van der Waals surface area contributed by atoms with Crippen molar-refractivity contribution in [1.29, 1.82) is 0 Å². The van der Waals surface area contributed by atoms with Crippen LogP contribution in [0, 0.1) is 10.1 Å². The van der Waals surface area contributed by atoms with Gasteiger partial charge in [0.15, 0.2) is 0 Å². The number of fused-ring (bicyclic) bond motifs is 1. The number of ether oxygens (including phenoxy) is 1. The van der Waals surface area contributed by atoms with Crippen molar-refractivity contribution in [3.63, 3.8) is 0 Å². The van der Waals surface area contributed by atoms with Gasteiger partial charge >= 0.3 is 5.97 Å². The number of carbonyl (C=O) groups is 6. The Hall–Kier alpha value is -4.60. The number of carboxylic acids is 1. The molecule has 0 saturated carbocycles. The second kappa shape index (κ2) is 15.9. The first-order chi connectivity index (χ1) is 19.4. The van der Waals surface area contributed by atoms with E-state index in [4.69, 9.17) is 15.6 Å². The van der Waals surface area contributed by atoms with E-state index in [1.165, 1.54) is 13.0 Å². The molecule has 4 amide bonds. The van der Waals surface area contributed by atoms with Crippen LogP contribution in [0.2, 0.25) is 0 Å². The van der Waals surface area contributed by atoms with Gasteiger partial charge in [-0.25, -0.2) is 0 Å². The summed E-state index contributed by atoms with van der Waals surface area (Å²) >= 11 is 0. The van der Waals surface area contributed by atoms with E-state index in [9.17, 15) is 38.9 Å². The van der Waals surface area contributed by atoms with E-state index in [0.29, 0.717) is 19.4 Å². The zero-order valence-corrected chi connectivity index (χ0v) is 22.5. The summed E-state index contributed by atoms with van der Waals surface area (Å²) in [7, 11) is 0. The monoisotopic (exact) mass is 578 g/mol. The van der Waals surface area contributed by atoms with Crippen LogP contribution in [0.25, 0.3) is 0 Å². The first-order valence-electron chi connectivity index (χ1n) is 12.9. The number of carboxylic acid groups (broad SMARTS) is 1. The van der Waals surface area contributed by atoms with Crippen LogP contribution in [0.15, 0.2) is 18.2 Å². The van der Waals surface area contributed by atoms with E-state index in [-0.39, 0.29) is 49.5 Å². The van der Waals surface area contributed by atoms with Gasteiger partial charge in [0.05, 0.1) is 23.6 Å². The fourth-order valence-electron chi connectivity index (χ4n) is 3.90. The Bertz CT molecular complexity index is 1170. The van der Waals surface area contributed by atoms with Crippen LogP contribution in [0.3, 0.4) is 0 Å². The lowest BCUT2D eigenvalue weighted by molar-refractivity contribution is -0.384. The average Bonchev–Trinajstić information content (AvgIpc) is 2.91. The third kappa shape index (κ3) is 10.5. The molecule has 0 spiro atoms. The van der Waals surface area contributed by atoms with Crippen LogP contribution in [0.1, 0.15) is 55.8 Å². The molecule has 3 atom stereocenters. The van der Waals surface area contributed by atoms with E-state index >= 15 is 0 Å². The van der Waals surface area contributed by atoms with Gasteiger partial charge in [0, 0.05) is 25.0 Å². The van der Waals surface area contributed by atoms with Crippen molar-refractivity contribution in [1.82, 2.24) is 21.3 Å². The predicted molar refractivity (Wildman–Crippen MR) is 142 cm³/mol. The summed E-state index contributed by atoms with van der Waals surface area (Å²) in [5, 5.41) is 30.4. The van der Waals surface area contributed by atoms with Crippen molar-refractivity contribution in [2.45, 2.75) is 63.6 Å². The molecule has 1 heterocycles. The van der Waals surface area contributed by atoms with E-state index in [1.807, 2.05) is 0 Å². The number of Topliss-reactive ketones (excluding diaryl/α,β-unsaturated/α-hetero) is 1. The summed E-state index contributed by atoms with van der Waals surface area (Å²) in [5.41, 5.74) is 4.80. The zero-order chi connectivity index (χ0) is 30.5. The molecule has 0 radical (unpaired) electrons. The number of nitrogens with two attached hydrogens (primary N) is 1. The Morgan fingerprint density at radius 3 is 2.41 bits per heavy atom. The first-order valence-corrected chi connectivity index (χ1v) is 12.9. The molecule has 16 heteroatoms. The largest absolute Gasteiger partial charge is 0.493 e. The maximum absolute atomic E-state index is 13.2. The Morgan fingerprint density at radius 2 is 1.78 bits per heavy atom. The molecular formula is C25H34N6O10. The number of hydrogen-bond donors (Lipinski definition) is 6. The molecule has 224 valence electrons. The quantitative estimate of drug-likeness (QED) is 0.107. The van der Waals surface area contributed by atoms with Crippen LogP contribution in [-0.4, -0.2) is 83.2 Å². The molecule has 0 fully saturated rings. The molecular weight excluding hydrogens is 544 g/mol. The van der Waals surface area contributed by atoms with Gasteiger partial charge in [0.2, 0.25) is 17.7 Å². The summed E-state index contributed by atoms with van der Waals surface area (Å²) in [6, 6.07) is -0.628. The highest BCUT2D eigenvalue weighted by atomic mass is 16.6. The molecule has 0 aromatic heterocycles. The Kier molecular flexibility index (Phi) is 12.6. The number of unbranched alkanes of at least 4 members (excludes halogenated alkanes) is 1. The first kappa shape index (κ1) is 32.6. The van der Waals surface area contributed by atoms with Crippen molar-refractivity contribution in [2.75, 3.05) is 19.7 Å². The number of carbonyl (C=O) groups excluding carboxylic acids is 5. The molecule has 1 aromatic rings. The van der Waals surface area contributed by atoms with Crippen molar-refractivity contribution >= 4 is 41.1 Å². The summed E-state index contributed by atoms with van der Waals surface area (Å²) in [6.45, 7) is 1.06. The Labute approximate surface area is 234 Å². The number of benzene rings is 1. The molecule has 1 aliphatic rings. The van der Waals surface area contributed by atoms with Crippen LogP contribution < -0.4 is 31.7 Å². The number of nitrogens with one attached hydrogen (secondary N) is 4. The fourth-order valence-corrected chi connectivity index (χ4v) is 3.90. The zero-order valence-electron chi connectivity index (χ0n) is 22.5. The van der Waals surface area contributed by atoms with Gasteiger partial charge in [-0.3, -0.25) is 38.9 Å². The standard InChI is InChI=1S/C25H34N6O10/c1-14(32)13-27-23(36)19-9-11-41-20-7-5-15(31(39)40)12-16(20)22(35)28-18(6-8-21(33)34)25(38)29-17(24(37)30-19)4-2-3-10-26/h5,7,12,17-19H,2-4,6,8-11,13,26H2,1H3,(H,27,36)(H,28,35)(H,29,38)(H,30,37)(H,33,34)/t17?,18?,19-/m0/s1. The SMILES string of the molecule is CC(=O)CNC(=O)[C@@H]1CCOc2ccc([N+](=O)[O-])cc2C(=O)NC(CCC(=O)O)C(=O)NC(CCCCN)C(=O)N1. The van der Waals surface area contributed by atoms with Gasteiger partial charge in [-0.1, -0.05) is 0 Å². The van der Waals surface area contributed by atoms with E-state index in [1.54, 1.807) is 0 Å². The molecule has 41 heavy (non-hydrogen) atoms. The Balaban J connectivity index is 2.51. The number of rotatable bonds is 11. The van der Waals surface area contributed by atoms with Crippen LogP contribution in [0.4, 0.5) is 5.69 Å². The fraction of sp³-hybridized carbons (Fsp3) is 0.520. The lowest BCUT2D eigenvalue weighted by Gasteiger charge is -2.26. The third-order valence-corrected chi connectivity index (χ3v) is 6.08. The van der Waals surface area contributed by atoms with E-state index < -0.39 is 64.8 Å². The second-order valence-corrected chi connectivity index (χ2v) is 9.36. The number of non-ortho nitro benzene ring substituents is 1. The summed E-state index contributed by atoms with van der Waals surface area (Å²) in [5.74, 6) is -4.95. The molecule has 0 saturated heterocycles. The minimum Gasteiger partial charge on any atom is -0.493 e. The predicted octanol–water partition coefficient (Wildman–Crippen LogP) is -0.856. The highest BCUT2D eigenvalue weighted by molar-refractivity contribution is 6.01. The van der Waals surface area contributed by atoms with E-state index in [2.05, 4.69) is 21.3 Å². The highest BCUT2D eigenvalue weighted by Crippen LogP contribution is 2.25. The number of aliphatic carboxylic acids is 1. The van der Waals surface area contributed by atoms with Gasteiger partial charge < -0.3 is 36.8 Å². The van der Waals surface area contributed by atoms with Crippen LogP contribution >= 0.6 is 0 Å². The maximum Gasteiger partial charge on any atom is 0.303 e. The number of nitro groups is 1. The molecule has 16 nitrogen and oxygen atoms in total. The minimum atomic E-state index is -1.44. The average molecular weight is 579 g/mol. The molecule has 2 rings (SSSR count). The Morgan fingerprint density at radius 1 is 1.10 bits per heavy atom. The number of amides is 4. The number of hydrogen-bond acceptors (Lipinski definition) is 10. The molecule has 7 N–H and O–H groups in total. The molecule has 2 unspecified atom stereocenters. The van der Waals surface area contributed by atoms with Crippen molar-refractivity contribution in [3.05, 3.63) is 33.9 Å². The van der Waals surface area contributed by atoms with Gasteiger partial charge in [-0.05, 0) is 45.2 Å². The van der Waals surface area contributed by atoms with Gasteiger partial charge in [-0.2, -0.15) is 0 Å². The normalized spacial score (nSPS) is 19.8. The van der Waals surface area contributed by atoms with Gasteiger partial charge in [0.1, 0.15) is 29.7 Å². The smallest absolute Gasteiger partial charge is 0.303 e. The molecule has 1 aromatic carbocycles. The van der Waals surface area contributed by atoms with Crippen LogP contribution in [0.5, 0.6) is 5.75 Å². The van der Waals surface area contributed by atoms with Crippen molar-refractivity contribution < 1.29 is 43.5 Å². The van der Waals surface area contributed by atoms with Gasteiger partial charge in [0.25, 0.3) is 11.6 Å². The number of ketones is 1. The van der Waals surface area contributed by atoms with Gasteiger partial charge in [-0.15, -0.1) is 0 Å². The van der Waals surface area contributed by atoms with Crippen molar-refractivity contribution in [3.8, 4) is 5.75 Å². The second-order valence-electron chi connectivity index (χ2n) is 9.36. The number of nitro benzene ring substituents is 1. The maximum atomic E-state index is 13.2. The topological polar surface area (TPSA) is 249 Å². The molecule has 1 aliphatic heterocycles. The molecule has 0 bridgehead atoms. The van der Waals surface area contributed by atoms with Crippen LogP contribution in [-0.2, 0) is 24.0 Å². The lowest BCUT2D eigenvalue weighted by Crippen LogP contribution is -2.57. The van der Waals surface area contributed by atoms with Crippen molar-refractivity contribution in [2.24, 2.45) is 5.73 Å². The third-order valence-electron chi connectivity index (χ3n) is 6.08. The summed E-state index contributed by atoms with van der Waals surface area (Å²) < 4.78 is 5.66. The highest BCUT2D eigenvalue weighted by Gasteiger charge is 2.31. The minimum absolute atomic E-state index is 0.113. The summed E-state index contributed by atoms with van der Waals surface area (Å²) in [6.07, 6.45) is 0.0530.